The van der Waals surface area contributed by atoms with Crippen molar-refractivity contribution in [2.24, 2.45) is 5.73 Å². The van der Waals surface area contributed by atoms with E-state index in [1.807, 2.05) is 26.2 Å². The van der Waals surface area contributed by atoms with Gasteiger partial charge in [0, 0.05) is 23.0 Å². The van der Waals surface area contributed by atoms with Gasteiger partial charge in [0.2, 0.25) is 5.91 Å². The highest BCUT2D eigenvalue weighted by atomic mass is 32.1. The maximum absolute atomic E-state index is 11.4. The van der Waals surface area contributed by atoms with E-state index in [-0.39, 0.29) is 5.91 Å². The van der Waals surface area contributed by atoms with Crippen LogP contribution in [-0.2, 0) is 11.3 Å². The molecule has 0 atom stereocenters. The van der Waals surface area contributed by atoms with Crippen molar-refractivity contribution >= 4 is 17.2 Å². The maximum Gasteiger partial charge on any atom is 0.222 e. The molecule has 0 saturated carbocycles. The Labute approximate surface area is 93.9 Å². The molecular formula is C10H17N3OS. The van der Waals surface area contributed by atoms with Crippen molar-refractivity contribution < 1.29 is 4.79 Å². The third-order valence-electron chi connectivity index (χ3n) is 1.72. The number of hydrogen-bond acceptors (Lipinski definition) is 4. The zero-order valence-electron chi connectivity index (χ0n) is 9.33. The monoisotopic (exact) mass is 227 g/mol. The van der Waals surface area contributed by atoms with Crippen LogP contribution < -0.4 is 11.1 Å². The zero-order chi connectivity index (χ0) is 11.5. The summed E-state index contributed by atoms with van der Waals surface area (Å²) in [6, 6.07) is 0. The van der Waals surface area contributed by atoms with Crippen molar-refractivity contribution in [1.29, 1.82) is 0 Å². The summed E-state index contributed by atoms with van der Waals surface area (Å²) in [4.78, 5) is 15.7. The Morgan fingerprint density at radius 2 is 2.33 bits per heavy atom. The van der Waals surface area contributed by atoms with Crippen molar-refractivity contribution in [1.82, 2.24) is 10.3 Å². The maximum atomic E-state index is 11.4. The third-order valence-corrected chi connectivity index (χ3v) is 2.69. The minimum atomic E-state index is -0.455. The molecule has 1 aromatic rings. The van der Waals surface area contributed by atoms with Crippen LogP contribution in [0.5, 0.6) is 0 Å². The van der Waals surface area contributed by atoms with Gasteiger partial charge in [-0.1, -0.05) is 0 Å². The fourth-order valence-electron chi connectivity index (χ4n) is 1.13. The van der Waals surface area contributed by atoms with Crippen molar-refractivity contribution in [3.63, 3.8) is 0 Å². The van der Waals surface area contributed by atoms with E-state index in [0.717, 1.165) is 10.7 Å². The van der Waals surface area contributed by atoms with Gasteiger partial charge in [-0.2, -0.15) is 0 Å². The van der Waals surface area contributed by atoms with Crippen molar-refractivity contribution in [2.75, 3.05) is 0 Å². The molecule has 0 unspecified atom stereocenters. The number of hydrogen-bond donors (Lipinski definition) is 2. The first-order chi connectivity index (χ1) is 6.87. The number of amides is 1. The van der Waals surface area contributed by atoms with Crippen LogP contribution in [0.2, 0.25) is 0 Å². The van der Waals surface area contributed by atoms with E-state index < -0.39 is 5.54 Å². The Kier molecular flexibility index (Phi) is 3.82. The molecule has 0 spiro atoms. The number of carbonyl (C=O) groups excluding carboxylic acids is 1. The van der Waals surface area contributed by atoms with E-state index in [2.05, 4.69) is 10.3 Å². The largest absolute Gasteiger partial charge is 0.350 e. The van der Waals surface area contributed by atoms with E-state index in [0.29, 0.717) is 13.0 Å². The van der Waals surface area contributed by atoms with Gasteiger partial charge in [-0.25, -0.2) is 4.98 Å². The molecule has 84 valence electrons. The standard InChI is InChI=1S/C10H17N3OS/c1-7-6-15-9(13-7)5-12-8(14)4-10(2,3)11/h6H,4-5,11H2,1-3H3,(H,12,14). The van der Waals surface area contributed by atoms with Gasteiger partial charge >= 0.3 is 0 Å². The normalized spacial score (nSPS) is 11.5. The van der Waals surface area contributed by atoms with Gasteiger partial charge in [-0.3, -0.25) is 4.79 Å². The van der Waals surface area contributed by atoms with Crippen LogP contribution in [-0.4, -0.2) is 16.4 Å². The van der Waals surface area contributed by atoms with E-state index in [9.17, 15) is 4.79 Å². The average Bonchev–Trinajstić information content (AvgIpc) is 2.45. The third kappa shape index (κ3) is 4.90. The zero-order valence-corrected chi connectivity index (χ0v) is 10.1. The molecule has 0 aliphatic carbocycles. The van der Waals surface area contributed by atoms with E-state index in [4.69, 9.17) is 5.73 Å². The lowest BCUT2D eigenvalue weighted by Gasteiger charge is -2.17. The molecule has 0 aliphatic rings. The fourth-order valence-corrected chi connectivity index (χ4v) is 1.85. The first-order valence-electron chi connectivity index (χ1n) is 4.83. The molecule has 1 amide bonds. The minimum absolute atomic E-state index is 0.0321. The summed E-state index contributed by atoms with van der Waals surface area (Å²) in [6.07, 6.45) is 0.331. The van der Waals surface area contributed by atoms with Gasteiger partial charge in [0.05, 0.1) is 6.54 Å². The molecule has 0 radical (unpaired) electrons. The van der Waals surface area contributed by atoms with Crippen LogP contribution in [0.1, 0.15) is 31.0 Å². The number of aryl methyl sites for hydroxylation is 1. The molecule has 1 heterocycles. The summed E-state index contributed by atoms with van der Waals surface area (Å²) in [7, 11) is 0. The molecule has 0 aromatic carbocycles. The molecule has 1 rings (SSSR count). The highest BCUT2D eigenvalue weighted by Gasteiger charge is 2.16. The molecule has 1 aromatic heterocycles. The molecule has 0 fully saturated rings. The molecule has 0 bridgehead atoms. The summed E-state index contributed by atoms with van der Waals surface area (Å²) in [5.74, 6) is -0.0321. The van der Waals surface area contributed by atoms with Crippen molar-refractivity contribution in [2.45, 2.75) is 39.3 Å². The first kappa shape index (κ1) is 12.1. The Morgan fingerprint density at radius 1 is 1.67 bits per heavy atom. The van der Waals surface area contributed by atoms with Crippen LogP contribution in [0.3, 0.4) is 0 Å². The predicted octanol–water partition coefficient (Wildman–Crippen LogP) is 1.20. The van der Waals surface area contributed by atoms with Gasteiger partial charge in [-0.05, 0) is 20.8 Å². The number of nitrogens with two attached hydrogens (primary N) is 1. The molecule has 0 saturated heterocycles. The predicted molar refractivity (Wildman–Crippen MR) is 61.6 cm³/mol. The van der Waals surface area contributed by atoms with Gasteiger partial charge in [0.15, 0.2) is 0 Å². The Morgan fingerprint density at radius 3 is 2.80 bits per heavy atom. The highest BCUT2D eigenvalue weighted by Crippen LogP contribution is 2.08. The lowest BCUT2D eigenvalue weighted by Crippen LogP contribution is -2.38. The average molecular weight is 227 g/mol. The number of nitrogens with one attached hydrogen (secondary N) is 1. The van der Waals surface area contributed by atoms with E-state index >= 15 is 0 Å². The number of aromatic nitrogens is 1. The molecule has 4 nitrogen and oxygen atoms in total. The molecule has 3 N–H and O–H groups in total. The van der Waals surface area contributed by atoms with Crippen LogP contribution in [0, 0.1) is 6.92 Å². The number of rotatable bonds is 4. The molecular weight excluding hydrogens is 210 g/mol. The second-order valence-corrected chi connectivity index (χ2v) is 5.27. The Hall–Kier alpha value is -0.940. The van der Waals surface area contributed by atoms with Crippen LogP contribution in [0.25, 0.3) is 0 Å². The van der Waals surface area contributed by atoms with E-state index in [1.54, 1.807) is 11.3 Å². The van der Waals surface area contributed by atoms with Gasteiger partial charge in [0.1, 0.15) is 5.01 Å². The highest BCUT2D eigenvalue weighted by molar-refractivity contribution is 7.09. The lowest BCUT2D eigenvalue weighted by atomic mass is 10.0. The SMILES string of the molecule is Cc1csc(CNC(=O)CC(C)(C)N)n1. The summed E-state index contributed by atoms with van der Waals surface area (Å²) in [5.41, 5.74) is 6.27. The van der Waals surface area contributed by atoms with Crippen molar-refractivity contribution in [3.05, 3.63) is 16.1 Å². The summed E-state index contributed by atoms with van der Waals surface area (Å²) in [6.45, 7) is 6.10. The first-order valence-corrected chi connectivity index (χ1v) is 5.71. The summed E-state index contributed by atoms with van der Waals surface area (Å²) >= 11 is 1.55. The van der Waals surface area contributed by atoms with Crippen molar-refractivity contribution in [3.8, 4) is 0 Å². The van der Waals surface area contributed by atoms with Gasteiger partial charge in [-0.15, -0.1) is 11.3 Å². The lowest BCUT2D eigenvalue weighted by molar-refractivity contribution is -0.122. The quantitative estimate of drug-likeness (QED) is 0.812. The fraction of sp³-hybridized carbons (Fsp3) is 0.600. The number of carbonyl (C=O) groups is 1. The van der Waals surface area contributed by atoms with Gasteiger partial charge < -0.3 is 11.1 Å². The van der Waals surface area contributed by atoms with Crippen LogP contribution >= 0.6 is 11.3 Å². The van der Waals surface area contributed by atoms with E-state index in [1.165, 1.54) is 0 Å². The minimum Gasteiger partial charge on any atom is -0.350 e. The number of nitrogens with zero attached hydrogens (tertiary/aromatic N) is 1. The summed E-state index contributed by atoms with van der Waals surface area (Å²) in [5, 5.41) is 5.69. The number of thiazole rings is 1. The molecule has 5 heteroatoms. The van der Waals surface area contributed by atoms with Crippen LogP contribution in [0.15, 0.2) is 5.38 Å². The molecule has 15 heavy (non-hydrogen) atoms. The van der Waals surface area contributed by atoms with Crippen LogP contribution in [0.4, 0.5) is 0 Å². The van der Waals surface area contributed by atoms with Gasteiger partial charge in [0.25, 0.3) is 0 Å². The second kappa shape index (κ2) is 4.72. The Balaban J connectivity index is 2.35. The topological polar surface area (TPSA) is 68.0 Å². The Bertz CT molecular complexity index is 341. The molecule has 0 aliphatic heterocycles. The second-order valence-electron chi connectivity index (χ2n) is 4.32. The smallest absolute Gasteiger partial charge is 0.222 e. The summed E-state index contributed by atoms with van der Waals surface area (Å²) < 4.78 is 0.